The molecule has 0 aromatic carbocycles. The van der Waals surface area contributed by atoms with Crippen LogP contribution in [0.25, 0.3) is 0 Å². The second-order valence-electron chi connectivity index (χ2n) is 1.40. The van der Waals surface area contributed by atoms with E-state index in [1.807, 2.05) is 0 Å². The van der Waals surface area contributed by atoms with Gasteiger partial charge in [0.1, 0.15) is 5.47 Å². The van der Waals surface area contributed by atoms with E-state index in [9.17, 15) is 0 Å². The quantitative estimate of drug-likeness (QED) is 0.357. The summed E-state index contributed by atoms with van der Waals surface area (Å²) < 4.78 is 0. The highest BCUT2D eigenvalue weighted by molar-refractivity contribution is 7.18. The normalized spacial score (nSPS) is 20.0. The minimum atomic E-state index is -0.792. The van der Waals surface area contributed by atoms with Crippen molar-refractivity contribution in [2.75, 3.05) is 7.05 Å². The lowest BCUT2D eigenvalue weighted by Crippen LogP contribution is -2.31. The lowest BCUT2D eigenvalue weighted by molar-refractivity contribution is 0.128. The minimum Gasteiger partial charge on any atom is -0.373 e. The zero-order chi connectivity index (χ0) is 5.21. The van der Waals surface area contributed by atoms with Crippen LogP contribution in [0.2, 0.25) is 0 Å². The highest BCUT2D eigenvalue weighted by atomic mass is 31.0. The fraction of sp³-hybridized carbons (Fsp3) is 1.00. The molecule has 0 aromatic rings. The number of hydrogen-bond donors (Lipinski definition) is 2. The van der Waals surface area contributed by atoms with Crippen LogP contribution in [0.3, 0.4) is 0 Å². The fourth-order valence-electron chi connectivity index (χ4n) is 0. The van der Waals surface area contributed by atoms with Gasteiger partial charge in [-0.3, -0.25) is 5.32 Å². The number of rotatable bonds is 1. The molecule has 0 radical (unpaired) electrons. The summed E-state index contributed by atoms with van der Waals surface area (Å²) in [4.78, 5) is 0. The Bertz CT molecular complexity index is 40.5. The predicted molar refractivity (Wildman–Crippen MR) is 29.4 cm³/mol. The van der Waals surface area contributed by atoms with E-state index in [1.54, 1.807) is 14.0 Å². The van der Waals surface area contributed by atoms with Gasteiger partial charge in [-0.15, -0.1) is 0 Å². The van der Waals surface area contributed by atoms with Crippen molar-refractivity contribution in [1.82, 2.24) is 5.32 Å². The van der Waals surface area contributed by atoms with E-state index in [4.69, 9.17) is 5.11 Å². The van der Waals surface area contributed by atoms with Gasteiger partial charge in [0.15, 0.2) is 0 Å². The molecule has 2 atom stereocenters. The molecule has 0 heterocycles. The van der Waals surface area contributed by atoms with Gasteiger partial charge in [0.25, 0.3) is 0 Å². The zero-order valence-electron chi connectivity index (χ0n) is 4.02. The Hall–Kier alpha value is 0.350. The Balaban J connectivity index is 3.17. The van der Waals surface area contributed by atoms with Crippen LogP contribution < -0.4 is 5.32 Å². The predicted octanol–water partition coefficient (Wildman–Crippen LogP) is -0.253. The molecular weight excluding hydrogens is 97.0 g/mol. The number of aliphatic hydroxyl groups is 1. The molecule has 2 nitrogen and oxygen atoms in total. The molecule has 0 amide bonds. The first-order valence-electron chi connectivity index (χ1n) is 1.76. The van der Waals surface area contributed by atoms with Gasteiger partial charge in [0, 0.05) is 0 Å². The maximum atomic E-state index is 8.68. The second kappa shape index (κ2) is 1.87. The van der Waals surface area contributed by atoms with E-state index in [-0.39, 0.29) is 0 Å². The molecule has 6 heavy (non-hydrogen) atoms. The summed E-state index contributed by atoms with van der Waals surface area (Å²) in [6.07, 6.45) is 0. The van der Waals surface area contributed by atoms with Crippen molar-refractivity contribution in [1.29, 1.82) is 0 Å². The smallest absolute Gasteiger partial charge is 0.126 e. The minimum absolute atomic E-state index is 0.792. The van der Waals surface area contributed by atoms with Gasteiger partial charge in [-0.05, 0) is 14.0 Å². The van der Waals surface area contributed by atoms with Gasteiger partial charge in [-0.2, -0.15) is 0 Å². The molecule has 2 N–H and O–H groups in total. The lowest BCUT2D eigenvalue weighted by Gasteiger charge is -2.13. The first kappa shape index (κ1) is 6.35. The van der Waals surface area contributed by atoms with E-state index in [0.29, 0.717) is 0 Å². The van der Waals surface area contributed by atoms with Crippen LogP contribution in [0.1, 0.15) is 6.92 Å². The Kier molecular flexibility index (Phi) is 1.98. The molecule has 0 aliphatic rings. The average molecular weight is 107 g/mol. The van der Waals surface area contributed by atoms with Crippen LogP contribution >= 0.6 is 9.24 Å². The van der Waals surface area contributed by atoms with Crippen LogP contribution in [0.4, 0.5) is 0 Å². The van der Waals surface area contributed by atoms with Crippen molar-refractivity contribution in [3.05, 3.63) is 0 Å². The molecule has 0 fully saturated rings. The molecule has 38 valence electrons. The van der Waals surface area contributed by atoms with Crippen LogP contribution in [0.5, 0.6) is 0 Å². The standard InChI is InChI=1S/C3H10NOP/c1-3(5,6)4-2/h4-5H,6H2,1-2H3. The van der Waals surface area contributed by atoms with Crippen molar-refractivity contribution in [3.8, 4) is 0 Å². The first-order chi connectivity index (χ1) is 2.56. The third kappa shape index (κ3) is 4.35. The zero-order valence-corrected chi connectivity index (χ0v) is 5.18. The van der Waals surface area contributed by atoms with Crippen molar-refractivity contribution in [2.24, 2.45) is 0 Å². The van der Waals surface area contributed by atoms with Crippen LogP contribution in [-0.4, -0.2) is 17.6 Å². The summed E-state index contributed by atoms with van der Waals surface area (Å²) in [5, 5.41) is 11.3. The number of hydrogen-bond acceptors (Lipinski definition) is 2. The van der Waals surface area contributed by atoms with E-state index in [0.717, 1.165) is 0 Å². The topological polar surface area (TPSA) is 32.3 Å². The summed E-state index contributed by atoms with van der Waals surface area (Å²) in [6.45, 7) is 1.65. The van der Waals surface area contributed by atoms with Gasteiger partial charge in [-0.1, -0.05) is 9.24 Å². The van der Waals surface area contributed by atoms with Crippen LogP contribution in [-0.2, 0) is 0 Å². The molecule has 3 heteroatoms. The largest absolute Gasteiger partial charge is 0.373 e. The molecule has 0 aromatic heterocycles. The summed E-state index contributed by atoms with van der Waals surface area (Å²) in [7, 11) is 3.92. The molecule has 0 bridgehead atoms. The Morgan fingerprint density at radius 1 is 1.83 bits per heavy atom. The Morgan fingerprint density at radius 3 is 2.00 bits per heavy atom. The monoisotopic (exact) mass is 107 g/mol. The summed E-state index contributed by atoms with van der Waals surface area (Å²) >= 11 is 0. The van der Waals surface area contributed by atoms with Crippen molar-refractivity contribution in [2.45, 2.75) is 12.4 Å². The third-order valence-electron chi connectivity index (χ3n) is 0.506. The first-order valence-corrected chi connectivity index (χ1v) is 2.34. The molecule has 0 saturated heterocycles. The van der Waals surface area contributed by atoms with E-state index in [2.05, 4.69) is 14.6 Å². The molecule has 2 unspecified atom stereocenters. The van der Waals surface area contributed by atoms with Crippen LogP contribution in [0.15, 0.2) is 0 Å². The fourth-order valence-corrected chi connectivity index (χ4v) is 0. The highest BCUT2D eigenvalue weighted by Crippen LogP contribution is 2.04. The average Bonchev–Trinajstić information content (AvgIpc) is 1.35. The Morgan fingerprint density at radius 2 is 2.00 bits per heavy atom. The third-order valence-corrected chi connectivity index (χ3v) is 0.795. The summed E-state index contributed by atoms with van der Waals surface area (Å²) in [5.41, 5.74) is -0.792. The van der Waals surface area contributed by atoms with Gasteiger partial charge in [0.05, 0.1) is 0 Å². The molecule has 0 spiro atoms. The molecule has 0 aliphatic carbocycles. The summed E-state index contributed by atoms with van der Waals surface area (Å²) in [6, 6.07) is 0. The van der Waals surface area contributed by atoms with E-state index in [1.165, 1.54) is 0 Å². The maximum Gasteiger partial charge on any atom is 0.126 e. The van der Waals surface area contributed by atoms with Crippen LogP contribution in [0, 0.1) is 0 Å². The van der Waals surface area contributed by atoms with Gasteiger partial charge in [-0.25, -0.2) is 0 Å². The molecule has 0 saturated carbocycles. The number of nitrogens with one attached hydrogen (secondary N) is 1. The van der Waals surface area contributed by atoms with Gasteiger partial charge < -0.3 is 5.11 Å². The van der Waals surface area contributed by atoms with Gasteiger partial charge in [0.2, 0.25) is 0 Å². The van der Waals surface area contributed by atoms with E-state index < -0.39 is 5.47 Å². The SMILES string of the molecule is CNC(C)(O)P. The lowest BCUT2D eigenvalue weighted by atomic mass is 10.7. The van der Waals surface area contributed by atoms with E-state index >= 15 is 0 Å². The van der Waals surface area contributed by atoms with Crippen molar-refractivity contribution < 1.29 is 5.11 Å². The molecular formula is C3H10NOP. The summed E-state index contributed by atoms with van der Waals surface area (Å²) in [5.74, 6) is 0. The molecule has 0 aliphatic heterocycles. The second-order valence-corrected chi connectivity index (χ2v) is 2.52. The molecule has 0 rings (SSSR count). The highest BCUT2D eigenvalue weighted by Gasteiger charge is 2.04. The Labute approximate surface area is 40.1 Å². The van der Waals surface area contributed by atoms with Crippen molar-refractivity contribution in [3.63, 3.8) is 0 Å². The van der Waals surface area contributed by atoms with Gasteiger partial charge >= 0.3 is 0 Å². The maximum absolute atomic E-state index is 8.68. The van der Waals surface area contributed by atoms with Crippen molar-refractivity contribution >= 4 is 9.24 Å².